The Labute approximate surface area is 144 Å². The van der Waals surface area contributed by atoms with E-state index in [4.69, 9.17) is 0 Å². The molecule has 6 heteroatoms. The maximum atomic E-state index is 12.4. The summed E-state index contributed by atoms with van der Waals surface area (Å²) in [5, 5.41) is 2.96. The molecular formula is C17H19BrN4O. The van der Waals surface area contributed by atoms with Crippen LogP contribution in [0.15, 0.2) is 53.3 Å². The standard InChI is InChI=1S/C17H19BrN4O/c18-15-5-1-2-6-16(15)20-17(23)22-10-8-21(9-11-22)13-14-4-3-7-19-12-14/h1-7,12H,8-11,13H2,(H,20,23). The van der Waals surface area contributed by atoms with Gasteiger partial charge in [-0.05, 0) is 39.7 Å². The minimum absolute atomic E-state index is 0.0436. The van der Waals surface area contributed by atoms with Crippen molar-refractivity contribution >= 4 is 27.6 Å². The molecule has 0 saturated carbocycles. The summed E-state index contributed by atoms with van der Waals surface area (Å²) in [5.74, 6) is 0. The first-order valence-electron chi connectivity index (χ1n) is 7.64. The van der Waals surface area contributed by atoms with E-state index in [0.717, 1.165) is 42.9 Å². The molecular weight excluding hydrogens is 356 g/mol. The highest BCUT2D eigenvalue weighted by Crippen LogP contribution is 2.21. The highest BCUT2D eigenvalue weighted by atomic mass is 79.9. The number of rotatable bonds is 3. The van der Waals surface area contributed by atoms with Crippen molar-refractivity contribution in [3.63, 3.8) is 0 Å². The number of nitrogens with zero attached hydrogens (tertiary/aromatic N) is 3. The number of nitrogens with one attached hydrogen (secondary N) is 1. The summed E-state index contributed by atoms with van der Waals surface area (Å²) in [7, 11) is 0. The van der Waals surface area contributed by atoms with Gasteiger partial charge in [-0.2, -0.15) is 0 Å². The highest BCUT2D eigenvalue weighted by Gasteiger charge is 2.21. The molecule has 1 aromatic carbocycles. The number of halogens is 1. The minimum atomic E-state index is -0.0436. The number of anilines is 1. The van der Waals surface area contributed by atoms with Crippen LogP contribution in [-0.4, -0.2) is 47.0 Å². The van der Waals surface area contributed by atoms with Gasteiger partial charge >= 0.3 is 6.03 Å². The van der Waals surface area contributed by atoms with E-state index in [-0.39, 0.29) is 6.03 Å². The van der Waals surface area contributed by atoms with Crippen molar-refractivity contribution in [3.8, 4) is 0 Å². The Morgan fingerprint density at radius 2 is 1.91 bits per heavy atom. The minimum Gasteiger partial charge on any atom is -0.322 e. The second kappa shape index (κ2) is 7.57. The lowest BCUT2D eigenvalue weighted by Crippen LogP contribution is -2.49. The number of pyridine rings is 1. The first-order valence-corrected chi connectivity index (χ1v) is 8.43. The maximum absolute atomic E-state index is 12.4. The van der Waals surface area contributed by atoms with Crippen LogP contribution in [0.4, 0.5) is 10.5 Å². The fraction of sp³-hybridized carbons (Fsp3) is 0.294. The zero-order chi connectivity index (χ0) is 16.1. The summed E-state index contributed by atoms with van der Waals surface area (Å²) in [6.45, 7) is 4.09. The molecule has 3 rings (SSSR count). The van der Waals surface area contributed by atoms with Gasteiger partial charge in [-0.25, -0.2) is 4.79 Å². The fourth-order valence-electron chi connectivity index (χ4n) is 2.62. The smallest absolute Gasteiger partial charge is 0.321 e. The van der Waals surface area contributed by atoms with E-state index in [9.17, 15) is 4.79 Å². The van der Waals surface area contributed by atoms with Gasteiger partial charge in [0.25, 0.3) is 0 Å². The number of piperazine rings is 1. The lowest BCUT2D eigenvalue weighted by Gasteiger charge is -2.34. The second-order valence-electron chi connectivity index (χ2n) is 5.53. The number of hydrogen-bond acceptors (Lipinski definition) is 3. The summed E-state index contributed by atoms with van der Waals surface area (Å²) in [4.78, 5) is 20.7. The van der Waals surface area contributed by atoms with Crippen molar-refractivity contribution in [2.45, 2.75) is 6.54 Å². The molecule has 2 aromatic rings. The van der Waals surface area contributed by atoms with Crippen LogP contribution in [0.25, 0.3) is 0 Å². The van der Waals surface area contributed by atoms with Gasteiger partial charge in [0.15, 0.2) is 0 Å². The lowest BCUT2D eigenvalue weighted by atomic mass is 10.2. The number of carbonyl (C=O) groups excluding carboxylic acids is 1. The van der Waals surface area contributed by atoms with E-state index >= 15 is 0 Å². The summed E-state index contributed by atoms with van der Waals surface area (Å²) in [5.41, 5.74) is 2.01. The Bertz CT molecular complexity index is 657. The third kappa shape index (κ3) is 4.30. The molecule has 0 unspecified atom stereocenters. The van der Waals surface area contributed by atoms with E-state index in [1.165, 1.54) is 5.56 Å². The van der Waals surface area contributed by atoms with Crippen molar-refractivity contribution in [2.75, 3.05) is 31.5 Å². The second-order valence-corrected chi connectivity index (χ2v) is 6.39. The van der Waals surface area contributed by atoms with E-state index in [2.05, 4.69) is 37.2 Å². The summed E-state index contributed by atoms with van der Waals surface area (Å²) in [6, 6.07) is 11.6. The van der Waals surface area contributed by atoms with E-state index in [0.29, 0.717) is 0 Å². The third-order valence-corrected chi connectivity index (χ3v) is 4.60. The lowest BCUT2D eigenvalue weighted by molar-refractivity contribution is 0.143. The molecule has 5 nitrogen and oxygen atoms in total. The molecule has 0 radical (unpaired) electrons. The van der Waals surface area contributed by atoms with Gasteiger partial charge < -0.3 is 10.2 Å². The first-order chi connectivity index (χ1) is 11.2. The molecule has 0 aliphatic carbocycles. The molecule has 0 atom stereocenters. The van der Waals surface area contributed by atoms with Crippen LogP contribution >= 0.6 is 15.9 Å². The topological polar surface area (TPSA) is 48.5 Å². The van der Waals surface area contributed by atoms with E-state index < -0.39 is 0 Å². The number of urea groups is 1. The SMILES string of the molecule is O=C(Nc1ccccc1Br)N1CCN(Cc2cccnc2)CC1. The average molecular weight is 375 g/mol. The highest BCUT2D eigenvalue weighted by molar-refractivity contribution is 9.10. The Balaban J connectivity index is 1.50. The number of para-hydroxylation sites is 1. The van der Waals surface area contributed by atoms with Crippen molar-refractivity contribution in [2.24, 2.45) is 0 Å². The molecule has 1 aromatic heterocycles. The fourth-order valence-corrected chi connectivity index (χ4v) is 3.00. The van der Waals surface area contributed by atoms with E-state index in [1.807, 2.05) is 41.4 Å². The van der Waals surface area contributed by atoms with Crippen LogP contribution in [0.2, 0.25) is 0 Å². The summed E-state index contributed by atoms with van der Waals surface area (Å²) < 4.78 is 0.892. The van der Waals surface area contributed by atoms with Crippen LogP contribution in [0.3, 0.4) is 0 Å². The van der Waals surface area contributed by atoms with Gasteiger partial charge in [0.05, 0.1) is 5.69 Å². The van der Waals surface area contributed by atoms with Gasteiger partial charge in [-0.3, -0.25) is 9.88 Å². The normalized spacial score (nSPS) is 15.4. The number of carbonyl (C=O) groups is 1. The van der Waals surface area contributed by atoms with Gasteiger partial charge in [0.2, 0.25) is 0 Å². The van der Waals surface area contributed by atoms with Gasteiger partial charge in [0, 0.05) is 49.6 Å². The predicted molar refractivity (Wildman–Crippen MR) is 94.2 cm³/mol. The molecule has 23 heavy (non-hydrogen) atoms. The number of aromatic nitrogens is 1. The molecule has 0 spiro atoms. The molecule has 2 heterocycles. The quantitative estimate of drug-likeness (QED) is 0.897. The van der Waals surface area contributed by atoms with Crippen LogP contribution < -0.4 is 5.32 Å². The van der Waals surface area contributed by atoms with Gasteiger partial charge in [-0.1, -0.05) is 18.2 Å². The summed E-state index contributed by atoms with van der Waals surface area (Å²) in [6.07, 6.45) is 3.68. The molecule has 1 saturated heterocycles. The molecule has 1 fully saturated rings. The Morgan fingerprint density at radius 3 is 2.61 bits per heavy atom. The van der Waals surface area contributed by atoms with Crippen LogP contribution in [0.5, 0.6) is 0 Å². The molecule has 1 N–H and O–H groups in total. The first kappa shape index (κ1) is 16.0. The third-order valence-electron chi connectivity index (χ3n) is 3.90. The molecule has 0 bridgehead atoms. The van der Waals surface area contributed by atoms with Crippen molar-refractivity contribution in [3.05, 3.63) is 58.8 Å². The van der Waals surface area contributed by atoms with Gasteiger partial charge in [0.1, 0.15) is 0 Å². The van der Waals surface area contributed by atoms with Crippen LogP contribution in [-0.2, 0) is 6.54 Å². The molecule has 2 amide bonds. The van der Waals surface area contributed by atoms with Gasteiger partial charge in [-0.15, -0.1) is 0 Å². The Morgan fingerprint density at radius 1 is 1.13 bits per heavy atom. The summed E-state index contributed by atoms with van der Waals surface area (Å²) >= 11 is 3.45. The van der Waals surface area contributed by atoms with Crippen molar-refractivity contribution in [1.82, 2.24) is 14.8 Å². The molecule has 1 aliphatic heterocycles. The average Bonchev–Trinajstić information content (AvgIpc) is 2.58. The van der Waals surface area contributed by atoms with Crippen molar-refractivity contribution < 1.29 is 4.79 Å². The van der Waals surface area contributed by atoms with E-state index in [1.54, 1.807) is 6.20 Å². The number of hydrogen-bond donors (Lipinski definition) is 1. The zero-order valence-corrected chi connectivity index (χ0v) is 14.4. The Kier molecular flexibility index (Phi) is 5.25. The maximum Gasteiger partial charge on any atom is 0.321 e. The molecule has 1 aliphatic rings. The van der Waals surface area contributed by atoms with Crippen molar-refractivity contribution in [1.29, 1.82) is 0 Å². The predicted octanol–water partition coefficient (Wildman–Crippen LogP) is 3.19. The monoisotopic (exact) mass is 374 g/mol. The Hall–Kier alpha value is -1.92. The number of amides is 2. The zero-order valence-electron chi connectivity index (χ0n) is 12.8. The largest absolute Gasteiger partial charge is 0.322 e. The van der Waals surface area contributed by atoms with Crippen LogP contribution in [0, 0.1) is 0 Å². The molecule has 120 valence electrons. The van der Waals surface area contributed by atoms with Crippen LogP contribution in [0.1, 0.15) is 5.56 Å². The number of benzene rings is 1.